The third kappa shape index (κ3) is 10.6. The van der Waals surface area contributed by atoms with Crippen molar-refractivity contribution in [2.24, 2.45) is 11.3 Å². The van der Waals surface area contributed by atoms with Gasteiger partial charge in [0.2, 0.25) is 0 Å². The number of hydrogen-bond acceptors (Lipinski definition) is 3. The summed E-state index contributed by atoms with van der Waals surface area (Å²) in [5.74, 6) is 2.06. The first-order valence-electron chi connectivity index (χ1n) is 15.2. The monoisotopic (exact) mass is 773 g/mol. The maximum absolute atomic E-state index is 14.7. The second kappa shape index (κ2) is 19.5. The fraction of sp³-hybridized carbons (Fsp3) is 0.395. The zero-order chi connectivity index (χ0) is 31.0. The molecule has 4 rings (SSSR count). The van der Waals surface area contributed by atoms with Crippen LogP contribution in [0.2, 0.25) is 0 Å². The van der Waals surface area contributed by atoms with Gasteiger partial charge < -0.3 is 22.5 Å². The van der Waals surface area contributed by atoms with Crippen molar-refractivity contribution in [3.8, 4) is 11.1 Å². The SMILES string of the molecule is C=C1C=C(C(C)=O)C=CN1/C(C)=C(\CC)c1ccccc1-c1ccc(C)cc1F.[CH2-]C1(CC(C)CC)COC[C-]1CC.[Ho].[K+]. The molecule has 0 N–H and O–H groups in total. The summed E-state index contributed by atoms with van der Waals surface area (Å²) in [5, 5.41) is 0. The van der Waals surface area contributed by atoms with E-state index in [0.717, 1.165) is 65.6 Å². The van der Waals surface area contributed by atoms with Gasteiger partial charge in [-0.15, -0.1) is 0 Å². The Kier molecular flexibility index (Phi) is 18.4. The zero-order valence-corrected chi connectivity index (χ0v) is 33.0. The van der Waals surface area contributed by atoms with Crippen LogP contribution in [-0.2, 0) is 9.53 Å². The van der Waals surface area contributed by atoms with E-state index in [9.17, 15) is 9.18 Å². The van der Waals surface area contributed by atoms with Crippen LogP contribution >= 0.6 is 0 Å². The number of allylic oxidation sites excluding steroid dienone is 5. The van der Waals surface area contributed by atoms with Crippen molar-refractivity contribution in [2.75, 3.05) is 13.2 Å². The number of carbonyl (C=O) groups is 1. The Balaban J connectivity index is 0.000000547. The summed E-state index contributed by atoms with van der Waals surface area (Å²) in [4.78, 5) is 13.6. The van der Waals surface area contributed by atoms with Crippen molar-refractivity contribution >= 4 is 11.4 Å². The summed E-state index contributed by atoms with van der Waals surface area (Å²) in [7, 11) is 0. The Morgan fingerprint density at radius 2 is 1.84 bits per heavy atom. The predicted molar refractivity (Wildman–Crippen MR) is 175 cm³/mol. The van der Waals surface area contributed by atoms with Crippen LogP contribution in [0.5, 0.6) is 0 Å². The van der Waals surface area contributed by atoms with Gasteiger partial charge in [0.25, 0.3) is 0 Å². The van der Waals surface area contributed by atoms with Crippen LogP contribution in [-0.4, -0.2) is 23.9 Å². The van der Waals surface area contributed by atoms with Gasteiger partial charge in [-0.2, -0.15) is 6.42 Å². The first-order chi connectivity index (χ1) is 19.9. The molecular formula is C38H48FHoKNO2-. The molecule has 2 aromatic rings. The minimum Gasteiger partial charge on any atom is -0.418 e. The van der Waals surface area contributed by atoms with Crippen LogP contribution in [0.3, 0.4) is 0 Å². The summed E-state index contributed by atoms with van der Waals surface area (Å²) < 4.78 is 20.2. The number of carbonyl (C=O) groups excluding carboxylic acids is 1. The number of Topliss-reactive ketones (excluding diaryl/α,β-unsaturated/α-hetero) is 1. The molecule has 2 aliphatic heterocycles. The van der Waals surface area contributed by atoms with Gasteiger partial charge in [-0.05, 0) is 80.2 Å². The smallest absolute Gasteiger partial charge is 0.418 e. The molecule has 1 fully saturated rings. The van der Waals surface area contributed by atoms with E-state index in [0.29, 0.717) is 11.1 Å². The molecule has 2 aliphatic rings. The van der Waals surface area contributed by atoms with Gasteiger partial charge in [0.1, 0.15) is 5.82 Å². The number of rotatable bonds is 9. The van der Waals surface area contributed by atoms with E-state index < -0.39 is 0 Å². The van der Waals surface area contributed by atoms with Crippen LogP contribution in [0.4, 0.5) is 4.39 Å². The fourth-order valence-corrected chi connectivity index (χ4v) is 5.82. The number of hydrogen-bond donors (Lipinski definition) is 0. The zero-order valence-electron chi connectivity index (χ0n) is 28.0. The van der Waals surface area contributed by atoms with Crippen molar-refractivity contribution in [3.63, 3.8) is 0 Å². The second-order valence-electron chi connectivity index (χ2n) is 11.7. The number of ketones is 1. The molecule has 44 heavy (non-hydrogen) atoms. The molecule has 2 aromatic carbocycles. The minimum atomic E-state index is -0.220. The molecule has 3 nitrogen and oxygen atoms in total. The normalized spacial score (nSPS) is 19.2. The number of ether oxygens (including phenoxy) is 1. The van der Waals surface area contributed by atoms with Crippen molar-refractivity contribution in [1.29, 1.82) is 0 Å². The van der Waals surface area contributed by atoms with Gasteiger partial charge in [-0.25, -0.2) is 4.39 Å². The Morgan fingerprint density at radius 1 is 1.16 bits per heavy atom. The van der Waals surface area contributed by atoms with Crippen molar-refractivity contribution in [3.05, 3.63) is 114 Å². The summed E-state index contributed by atoms with van der Waals surface area (Å²) in [6, 6.07) is 13.2. The molecule has 2 heterocycles. The van der Waals surface area contributed by atoms with Crippen LogP contribution in [0.15, 0.2) is 84.4 Å². The van der Waals surface area contributed by atoms with E-state index in [4.69, 9.17) is 4.74 Å². The van der Waals surface area contributed by atoms with Crippen LogP contribution < -0.4 is 51.4 Å². The number of aryl methyl sites for hydroxylation is 1. The summed E-state index contributed by atoms with van der Waals surface area (Å²) >= 11 is 0. The number of benzene rings is 2. The summed E-state index contributed by atoms with van der Waals surface area (Å²) in [6.07, 6.45) is 9.81. The number of halogens is 1. The molecule has 0 aromatic heterocycles. The van der Waals surface area contributed by atoms with Crippen LogP contribution in [0.25, 0.3) is 16.7 Å². The molecule has 1 radical (unpaired) electrons. The predicted octanol–water partition coefficient (Wildman–Crippen LogP) is 7.06. The molecule has 2 unspecified atom stereocenters. The fourth-order valence-electron chi connectivity index (χ4n) is 5.82. The second-order valence-corrected chi connectivity index (χ2v) is 11.7. The molecule has 0 saturated carbocycles. The Bertz CT molecular complexity index is 1380. The molecule has 0 amide bonds. The van der Waals surface area contributed by atoms with E-state index in [1.807, 2.05) is 61.3 Å². The Labute approximate surface area is 338 Å². The standard InChI is InChI=1S/C26H26FNO.C12H22O.Ho.K/c1-6-22(19(4)28-14-13-21(20(5)29)16-18(28)3)23-9-7-8-10-24(23)25-12-11-17(2)15-26(25)27;1-5-10(3)7-12(4)9-13-8-11(12)6-2;;/h7-16H,3,6H2,1-2,4-5H3;10H,4-9H2,1-3H3;;/q;-2;;+1/b22-19+;;;. The molecular weight excluding hydrogens is 725 g/mol. The molecule has 1 saturated heterocycles. The van der Waals surface area contributed by atoms with Crippen molar-refractivity contribution < 1.29 is 103 Å². The molecule has 0 aliphatic carbocycles. The van der Waals surface area contributed by atoms with Crippen LogP contribution in [0, 0.1) is 74.7 Å². The molecule has 0 spiro atoms. The van der Waals surface area contributed by atoms with Gasteiger partial charge in [-0.1, -0.05) is 90.1 Å². The Morgan fingerprint density at radius 3 is 2.41 bits per heavy atom. The van der Waals surface area contributed by atoms with Gasteiger partial charge >= 0.3 is 51.4 Å². The van der Waals surface area contributed by atoms with Crippen molar-refractivity contribution in [1.82, 2.24) is 4.90 Å². The van der Waals surface area contributed by atoms with E-state index in [2.05, 4.69) is 41.2 Å². The van der Waals surface area contributed by atoms with E-state index in [-0.39, 0.29) is 106 Å². The topological polar surface area (TPSA) is 29.5 Å². The van der Waals surface area contributed by atoms with Gasteiger partial charge in [0.05, 0.1) is 0 Å². The summed E-state index contributed by atoms with van der Waals surface area (Å²) in [5.41, 5.74) is 6.97. The average Bonchev–Trinajstić information content (AvgIpc) is 3.33. The molecule has 0 bridgehead atoms. The largest absolute Gasteiger partial charge is 1.00 e. The third-order valence-corrected chi connectivity index (χ3v) is 8.53. The van der Waals surface area contributed by atoms with Gasteiger partial charge in [0.15, 0.2) is 5.78 Å². The number of nitrogens with zero attached hydrogens (tertiary/aromatic N) is 1. The first kappa shape index (κ1) is 41.7. The average molecular weight is 774 g/mol. The molecule has 237 valence electrons. The maximum Gasteiger partial charge on any atom is 1.00 e. The van der Waals surface area contributed by atoms with Gasteiger partial charge in [-0.3, -0.25) is 10.2 Å². The quantitative estimate of drug-likeness (QED) is 0.202. The maximum atomic E-state index is 14.7. The van der Waals surface area contributed by atoms with E-state index >= 15 is 0 Å². The minimum absolute atomic E-state index is 0. The van der Waals surface area contributed by atoms with Crippen molar-refractivity contribution in [2.45, 2.75) is 74.1 Å². The van der Waals surface area contributed by atoms with E-state index in [1.165, 1.54) is 18.8 Å². The molecule has 2 atom stereocenters. The Hall–Kier alpha value is -0.344. The first-order valence-corrected chi connectivity index (χ1v) is 15.2. The third-order valence-electron chi connectivity index (χ3n) is 8.53. The van der Waals surface area contributed by atoms with Crippen LogP contribution in [0.1, 0.15) is 78.4 Å². The van der Waals surface area contributed by atoms with E-state index in [1.54, 1.807) is 25.1 Å². The van der Waals surface area contributed by atoms with Gasteiger partial charge in [0, 0.05) is 66.5 Å². The molecule has 6 heteroatoms. The summed E-state index contributed by atoms with van der Waals surface area (Å²) in [6.45, 7) is 24.5.